The Labute approximate surface area is 315 Å². The summed E-state index contributed by atoms with van der Waals surface area (Å²) < 4.78 is 26.7. The molecule has 20 nitrogen and oxygen atoms in total. The van der Waals surface area contributed by atoms with Gasteiger partial charge in [0.15, 0.2) is 11.3 Å². The van der Waals surface area contributed by atoms with Crippen molar-refractivity contribution in [3.8, 4) is 22.5 Å². The largest absolute Gasteiger partial charge is 0.382 e. The van der Waals surface area contributed by atoms with E-state index >= 15 is 0 Å². The molecule has 3 aliphatic rings. The zero-order valence-electron chi connectivity index (χ0n) is 30.7. The van der Waals surface area contributed by atoms with E-state index in [-0.39, 0.29) is 18.0 Å². The first kappa shape index (κ1) is 35.0. The first-order chi connectivity index (χ1) is 27.0. The van der Waals surface area contributed by atoms with E-state index in [1.165, 1.54) is 0 Å². The molecule has 0 saturated carbocycles. The lowest BCUT2D eigenvalue weighted by Crippen LogP contribution is -2.37. The molecule has 0 radical (unpaired) electrons. The number of morpholine rings is 2. The molecule has 0 spiro atoms. The normalized spacial score (nSPS) is 18.4. The molecule has 0 amide bonds. The smallest absolute Gasteiger partial charge is 0.228 e. The Kier molecular flexibility index (Phi) is 9.68. The lowest BCUT2D eigenvalue weighted by Gasteiger charge is -2.27. The third-order valence-electron chi connectivity index (χ3n) is 10.1. The second kappa shape index (κ2) is 15.2. The Balaban J connectivity index is 1.01. The van der Waals surface area contributed by atoms with E-state index in [0.29, 0.717) is 131 Å². The van der Waals surface area contributed by atoms with Crippen molar-refractivity contribution in [1.82, 2.24) is 59.0 Å². The summed E-state index contributed by atoms with van der Waals surface area (Å²) in [5.74, 6) is 1.84. The summed E-state index contributed by atoms with van der Waals surface area (Å²) in [6.07, 6.45) is 9.71. The van der Waals surface area contributed by atoms with Crippen LogP contribution < -0.4 is 20.9 Å². The van der Waals surface area contributed by atoms with Crippen molar-refractivity contribution in [2.45, 2.75) is 25.4 Å². The minimum absolute atomic E-state index is 0.167. The number of hydrogen-bond donors (Lipinski definition) is 2. The van der Waals surface area contributed by atoms with Crippen LogP contribution in [0.15, 0.2) is 31.2 Å². The Bertz CT molecular complexity index is 2280. The fraction of sp³-hybridized carbons (Fsp3) is 0.486. The number of ether oxygens (including phenoxy) is 4. The lowest BCUT2D eigenvalue weighted by atomic mass is 10.1. The highest BCUT2D eigenvalue weighted by molar-refractivity contribution is 5.90. The minimum Gasteiger partial charge on any atom is -0.382 e. The molecule has 9 rings (SSSR count). The molecule has 0 bridgehead atoms. The highest BCUT2D eigenvalue weighted by Crippen LogP contribution is 2.32. The van der Waals surface area contributed by atoms with Gasteiger partial charge in [0.2, 0.25) is 23.8 Å². The van der Waals surface area contributed by atoms with Crippen molar-refractivity contribution in [2.24, 2.45) is 0 Å². The van der Waals surface area contributed by atoms with Crippen LogP contribution in [0.2, 0.25) is 0 Å². The summed E-state index contributed by atoms with van der Waals surface area (Å²) in [5.41, 5.74) is 12.1. The molecule has 3 aliphatic heterocycles. The van der Waals surface area contributed by atoms with Gasteiger partial charge in [0.05, 0.1) is 70.1 Å². The topological polar surface area (TPSA) is 220 Å². The maximum atomic E-state index is 5.89. The molecule has 9 heterocycles. The molecule has 0 aromatic carbocycles. The quantitative estimate of drug-likeness (QED) is 0.192. The maximum Gasteiger partial charge on any atom is 0.228 e. The average Bonchev–Trinajstić information content (AvgIpc) is 4.01. The van der Waals surface area contributed by atoms with Gasteiger partial charge >= 0.3 is 0 Å². The summed E-state index contributed by atoms with van der Waals surface area (Å²) in [7, 11) is 1.67. The van der Waals surface area contributed by atoms with Gasteiger partial charge in [-0.15, -0.1) is 0 Å². The standard InChI is InChI=1S/C35H42N16O4/c1-21-25(16-37-32(36)43-21)27-29-31(47-35(45-27)49-6-11-54-12-7-49)51(20-42-29)24(17-52-2)15-40-33-38-13-22(14-39-33)26-28-30(50(19-41-28)23-3-8-55-18-23)46-34(44-26)48-4-9-53-10-5-48/h13-14,16,19-20,23-24H,3-12,15,17-18H2,1-2H3,(H2,36,37,43)(H,38,39,40). The van der Waals surface area contributed by atoms with Crippen LogP contribution in [0.3, 0.4) is 0 Å². The Morgan fingerprint density at radius 1 is 0.782 bits per heavy atom. The number of rotatable bonds is 11. The summed E-state index contributed by atoms with van der Waals surface area (Å²) in [6, 6.07) is -0.0657. The molecule has 3 fully saturated rings. The number of hydrogen-bond acceptors (Lipinski definition) is 18. The van der Waals surface area contributed by atoms with Crippen molar-refractivity contribution >= 4 is 46.1 Å². The molecule has 3 N–H and O–H groups in total. The van der Waals surface area contributed by atoms with E-state index in [9.17, 15) is 0 Å². The zero-order valence-corrected chi connectivity index (χ0v) is 30.7. The number of methoxy groups -OCH3 is 1. The van der Waals surface area contributed by atoms with Gasteiger partial charge < -0.3 is 48.9 Å². The first-order valence-corrected chi connectivity index (χ1v) is 18.4. The van der Waals surface area contributed by atoms with E-state index in [2.05, 4.69) is 29.7 Å². The van der Waals surface area contributed by atoms with Crippen molar-refractivity contribution < 1.29 is 18.9 Å². The number of aryl methyl sites for hydroxylation is 1. The number of nitrogens with one attached hydrogen (secondary N) is 1. The number of nitrogens with two attached hydrogens (primary N) is 1. The predicted octanol–water partition coefficient (Wildman–Crippen LogP) is 1.70. The predicted molar refractivity (Wildman–Crippen MR) is 202 cm³/mol. The van der Waals surface area contributed by atoms with E-state index in [1.807, 2.05) is 17.8 Å². The number of nitrogens with zero attached hydrogens (tertiary/aromatic N) is 14. The van der Waals surface area contributed by atoms with Crippen LogP contribution in [0, 0.1) is 6.92 Å². The zero-order chi connectivity index (χ0) is 37.3. The Morgan fingerprint density at radius 3 is 2.13 bits per heavy atom. The van der Waals surface area contributed by atoms with E-state index in [0.717, 1.165) is 23.2 Å². The molecular weight excluding hydrogens is 708 g/mol. The molecule has 2 atom stereocenters. The van der Waals surface area contributed by atoms with Gasteiger partial charge in [-0.25, -0.2) is 39.9 Å². The van der Waals surface area contributed by atoms with E-state index < -0.39 is 0 Å². The molecule has 0 aliphatic carbocycles. The second-order valence-electron chi connectivity index (χ2n) is 13.6. The van der Waals surface area contributed by atoms with Crippen molar-refractivity contribution in [3.63, 3.8) is 0 Å². The summed E-state index contributed by atoms with van der Waals surface area (Å²) in [6.45, 7) is 9.16. The third-order valence-corrected chi connectivity index (χ3v) is 10.1. The average molecular weight is 751 g/mol. The van der Waals surface area contributed by atoms with Crippen LogP contribution in [0.25, 0.3) is 44.8 Å². The summed E-state index contributed by atoms with van der Waals surface area (Å²) in [5, 5.41) is 3.40. The van der Waals surface area contributed by atoms with Crippen LogP contribution in [-0.4, -0.2) is 145 Å². The van der Waals surface area contributed by atoms with Gasteiger partial charge in [0.1, 0.15) is 22.4 Å². The Hall–Kier alpha value is -5.70. The Morgan fingerprint density at radius 2 is 1.45 bits per heavy atom. The molecule has 6 aromatic heterocycles. The van der Waals surface area contributed by atoms with Crippen molar-refractivity contribution in [1.29, 1.82) is 0 Å². The summed E-state index contributed by atoms with van der Waals surface area (Å²) in [4.78, 5) is 51.8. The molecule has 55 heavy (non-hydrogen) atoms. The maximum absolute atomic E-state index is 5.89. The number of nitrogen functional groups attached to an aromatic ring is 1. The number of fused-ring (bicyclic) bond motifs is 2. The van der Waals surface area contributed by atoms with E-state index in [4.69, 9.17) is 64.6 Å². The number of anilines is 4. The van der Waals surface area contributed by atoms with Gasteiger partial charge in [0.25, 0.3) is 0 Å². The van der Waals surface area contributed by atoms with Crippen LogP contribution >= 0.6 is 0 Å². The number of aromatic nitrogens is 12. The molecule has 3 saturated heterocycles. The van der Waals surface area contributed by atoms with Crippen LogP contribution in [-0.2, 0) is 18.9 Å². The molecule has 2 unspecified atom stereocenters. The van der Waals surface area contributed by atoms with Gasteiger partial charge in [-0.05, 0) is 13.3 Å². The van der Waals surface area contributed by atoms with Crippen molar-refractivity contribution in [2.75, 3.05) is 107 Å². The fourth-order valence-corrected chi connectivity index (χ4v) is 7.18. The van der Waals surface area contributed by atoms with Crippen LogP contribution in [0.1, 0.15) is 24.2 Å². The minimum atomic E-state index is -0.233. The third kappa shape index (κ3) is 6.92. The summed E-state index contributed by atoms with van der Waals surface area (Å²) >= 11 is 0. The second-order valence-corrected chi connectivity index (χ2v) is 13.6. The SMILES string of the molecule is COCC(CNc1ncc(-c2nc(N3CCOCC3)nc3c2ncn3C2CCOC2)cn1)n1cnc2c(-c3cnc(N)nc3C)nc(N3CCOCC3)nc21. The van der Waals surface area contributed by atoms with Crippen LogP contribution in [0.5, 0.6) is 0 Å². The highest BCUT2D eigenvalue weighted by atomic mass is 16.5. The first-order valence-electron chi connectivity index (χ1n) is 18.4. The van der Waals surface area contributed by atoms with Gasteiger partial charge in [-0.1, -0.05) is 0 Å². The van der Waals surface area contributed by atoms with Crippen LogP contribution in [0.4, 0.5) is 23.8 Å². The monoisotopic (exact) mass is 750 g/mol. The van der Waals surface area contributed by atoms with Gasteiger partial charge in [-0.3, -0.25) is 0 Å². The number of imidazole rings is 2. The van der Waals surface area contributed by atoms with Gasteiger partial charge in [0, 0.05) is 76.2 Å². The lowest BCUT2D eigenvalue weighted by molar-refractivity contribution is 0.122. The van der Waals surface area contributed by atoms with Crippen molar-refractivity contribution in [3.05, 3.63) is 36.9 Å². The highest BCUT2D eigenvalue weighted by Gasteiger charge is 2.27. The fourth-order valence-electron chi connectivity index (χ4n) is 7.18. The van der Waals surface area contributed by atoms with Gasteiger partial charge in [-0.2, -0.15) is 9.97 Å². The van der Waals surface area contributed by atoms with E-state index in [1.54, 1.807) is 32.0 Å². The molecular formula is C35H42N16O4. The molecule has 286 valence electrons. The molecule has 6 aromatic rings. The molecule has 20 heteroatoms.